The summed E-state index contributed by atoms with van der Waals surface area (Å²) in [6, 6.07) is 0. The number of aliphatic hydroxyl groups is 2. The van der Waals surface area contributed by atoms with Crippen LogP contribution in [-0.2, 0) is 4.74 Å². The second kappa shape index (κ2) is 4.63. The molecule has 1 fully saturated rings. The van der Waals surface area contributed by atoms with E-state index in [1.807, 2.05) is 4.98 Å². The lowest BCUT2D eigenvalue weighted by Crippen LogP contribution is -2.38. The van der Waals surface area contributed by atoms with Gasteiger partial charge in [0, 0.05) is 11.8 Å². The van der Waals surface area contributed by atoms with Gasteiger partial charge in [-0.3, -0.25) is 14.3 Å². The number of hydrogen-bond acceptors (Lipinski definition) is 5. The minimum absolute atomic E-state index is 0.239. The van der Waals surface area contributed by atoms with Gasteiger partial charge in [0.05, 0.1) is 0 Å². The van der Waals surface area contributed by atoms with Crippen molar-refractivity contribution in [3.63, 3.8) is 0 Å². The zero-order valence-electron chi connectivity index (χ0n) is 9.54. The maximum absolute atomic E-state index is 12.5. The molecule has 7 nitrogen and oxygen atoms in total. The van der Waals surface area contributed by atoms with Gasteiger partial charge in [0.1, 0.15) is 25.0 Å². The summed E-state index contributed by atoms with van der Waals surface area (Å²) in [5.74, 6) is 0. The fourth-order valence-electron chi connectivity index (χ4n) is 1.86. The van der Waals surface area contributed by atoms with Crippen LogP contribution in [0.3, 0.4) is 0 Å². The molecule has 18 heavy (non-hydrogen) atoms. The summed E-state index contributed by atoms with van der Waals surface area (Å²) >= 11 is 0. The number of aromatic amines is 1. The monoisotopic (exact) mass is 260 g/mol. The normalized spacial score (nSPS) is 31.8. The lowest BCUT2D eigenvalue weighted by Gasteiger charge is -2.17. The number of ether oxygens (including phenoxy) is 1. The molecule has 0 spiro atoms. The number of aryl methyl sites for hydroxylation is 1. The molecule has 0 unspecified atom stereocenters. The highest BCUT2D eigenvalue weighted by Crippen LogP contribution is 2.28. The van der Waals surface area contributed by atoms with Crippen molar-refractivity contribution in [3.05, 3.63) is 32.6 Å². The molecule has 2 heterocycles. The fraction of sp³-hybridized carbons (Fsp3) is 0.600. The third kappa shape index (κ3) is 1.98. The molecule has 0 aliphatic carbocycles. The first-order valence-electron chi connectivity index (χ1n) is 5.35. The molecular weight excluding hydrogens is 247 g/mol. The number of hydrogen-bond donors (Lipinski definition) is 3. The van der Waals surface area contributed by atoms with Crippen LogP contribution in [0.5, 0.6) is 0 Å². The molecule has 1 aliphatic heterocycles. The maximum atomic E-state index is 12.5. The first-order valence-corrected chi connectivity index (χ1v) is 5.35. The first-order chi connectivity index (χ1) is 8.45. The predicted molar refractivity (Wildman–Crippen MR) is 58.0 cm³/mol. The smallest absolute Gasteiger partial charge is 0.330 e. The summed E-state index contributed by atoms with van der Waals surface area (Å²) in [5, 5.41) is 19.2. The van der Waals surface area contributed by atoms with E-state index in [0.29, 0.717) is 0 Å². The molecule has 0 radical (unpaired) electrons. The van der Waals surface area contributed by atoms with E-state index in [4.69, 9.17) is 4.74 Å². The van der Waals surface area contributed by atoms with Gasteiger partial charge in [0.15, 0.2) is 6.23 Å². The second-order valence-corrected chi connectivity index (χ2v) is 4.18. The molecule has 0 bridgehead atoms. The third-order valence-corrected chi connectivity index (χ3v) is 2.91. The van der Waals surface area contributed by atoms with Crippen molar-refractivity contribution < 1.29 is 19.3 Å². The van der Waals surface area contributed by atoms with Crippen LogP contribution in [0.25, 0.3) is 0 Å². The molecule has 0 saturated carbocycles. The molecule has 2 rings (SSSR count). The topological polar surface area (TPSA) is 105 Å². The molecule has 1 saturated heterocycles. The van der Waals surface area contributed by atoms with Gasteiger partial charge in [0.2, 0.25) is 0 Å². The fourth-order valence-corrected chi connectivity index (χ4v) is 1.86. The lowest BCUT2D eigenvalue weighted by atomic mass is 10.1. The van der Waals surface area contributed by atoms with Crippen molar-refractivity contribution in [2.75, 3.05) is 6.67 Å². The summed E-state index contributed by atoms with van der Waals surface area (Å²) in [4.78, 5) is 24.8. The molecule has 1 aliphatic rings. The SMILES string of the molecule is Cc1cn([C@@H]2O[C@H](CF)[C@@H](O)[C@H]2O)c(=O)[nH]c1=O. The first kappa shape index (κ1) is 12.9. The van der Waals surface area contributed by atoms with E-state index >= 15 is 0 Å². The summed E-state index contributed by atoms with van der Waals surface area (Å²) < 4.78 is 18.5. The largest absolute Gasteiger partial charge is 0.387 e. The number of H-pyrrole nitrogens is 1. The molecule has 3 N–H and O–H groups in total. The van der Waals surface area contributed by atoms with Gasteiger partial charge >= 0.3 is 5.69 Å². The van der Waals surface area contributed by atoms with Crippen molar-refractivity contribution in [2.24, 2.45) is 0 Å². The van der Waals surface area contributed by atoms with Crippen molar-refractivity contribution in [1.82, 2.24) is 9.55 Å². The van der Waals surface area contributed by atoms with E-state index in [0.717, 1.165) is 4.57 Å². The van der Waals surface area contributed by atoms with Crippen LogP contribution in [0.1, 0.15) is 11.8 Å². The minimum Gasteiger partial charge on any atom is -0.387 e. The number of nitrogens with zero attached hydrogens (tertiary/aromatic N) is 1. The Labute approximate surface area is 100 Å². The molecule has 100 valence electrons. The Morgan fingerprint density at radius 3 is 2.67 bits per heavy atom. The van der Waals surface area contributed by atoms with Crippen LogP contribution in [0.2, 0.25) is 0 Å². The van der Waals surface area contributed by atoms with Gasteiger partial charge in [-0.2, -0.15) is 0 Å². The predicted octanol–water partition coefficient (Wildman–Crippen LogP) is -1.57. The van der Waals surface area contributed by atoms with Gasteiger partial charge in [-0.25, -0.2) is 9.18 Å². The zero-order chi connectivity index (χ0) is 13.4. The van der Waals surface area contributed by atoms with Crippen molar-refractivity contribution in [3.8, 4) is 0 Å². The summed E-state index contributed by atoms with van der Waals surface area (Å²) in [6.07, 6.45) is -4.07. The average Bonchev–Trinajstić information content (AvgIpc) is 2.61. The zero-order valence-corrected chi connectivity index (χ0v) is 9.54. The third-order valence-electron chi connectivity index (χ3n) is 2.91. The van der Waals surface area contributed by atoms with Crippen molar-refractivity contribution >= 4 is 0 Å². The number of alkyl halides is 1. The van der Waals surface area contributed by atoms with Crippen LogP contribution in [0.4, 0.5) is 4.39 Å². The highest BCUT2D eigenvalue weighted by molar-refractivity contribution is 5.03. The van der Waals surface area contributed by atoms with E-state index in [9.17, 15) is 24.2 Å². The van der Waals surface area contributed by atoms with E-state index in [2.05, 4.69) is 0 Å². The van der Waals surface area contributed by atoms with Gasteiger partial charge in [0.25, 0.3) is 5.56 Å². The van der Waals surface area contributed by atoms with Gasteiger partial charge in [-0.05, 0) is 6.92 Å². The quantitative estimate of drug-likeness (QED) is 0.596. The van der Waals surface area contributed by atoms with E-state index in [-0.39, 0.29) is 5.56 Å². The number of rotatable bonds is 2. The van der Waals surface area contributed by atoms with Crippen LogP contribution in [0.15, 0.2) is 15.8 Å². The van der Waals surface area contributed by atoms with E-state index in [1.165, 1.54) is 13.1 Å². The van der Waals surface area contributed by atoms with Gasteiger partial charge in [-0.1, -0.05) is 0 Å². The molecular formula is C10H13FN2O5. The highest BCUT2D eigenvalue weighted by Gasteiger charge is 2.44. The maximum Gasteiger partial charge on any atom is 0.330 e. The Balaban J connectivity index is 2.42. The minimum atomic E-state index is -1.44. The van der Waals surface area contributed by atoms with Crippen LogP contribution in [0, 0.1) is 6.92 Å². The van der Waals surface area contributed by atoms with Crippen molar-refractivity contribution in [1.29, 1.82) is 0 Å². The molecule has 4 atom stereocenters. The van der Waals surface area contributed by atoms with Crippen molar-refractivity contribution in [2.45, 2.75) is 31.5 Å². The standard InChI is InChI=1S/C10H13FN2O5/c1-4-3-13(10(17)12-8(4)16)9-7(15)6(14)5(2-11)18-9/h3,5-7,9,14-15H,2H2,1H3,(H,12,16,17)/t5-,6-,7-,9-/m1/s1. The summed E-state index contributed by atoms with van der Waals surface area (Å²) in [6.45, 7) is 0.491. The van der Waals surface area contributed by atoms with Gasteiger partial charge < -0.3 is 14.9 Å². The Bertz CT molecular complexity index is 554. The van der Waals surface area contributed by atoms with E-state index < -0.39 is 42.5 Å². The van der Waals surface area contributed by atoms with Crippen LogP contribution in [-0.4, -0.2) is 44.8 Å². The molecule has 8 heteroatoms. The Hall–Kier alpha value is -1.51. The highest BCUT2D eigenvalue weighted by atomic mass is 19.1. The number of halogens is 1. The Morgan fingerprint density at radius 2 is 2.11 bits per heavy atom. The van der Waals surface area contributed by atoms with Crippen LogP contribution >= 0.6 is 0 Å². The van der Waals surface area contributed by atoms with Gasteiger partial charge in [-0.15, -0.1) is 0 Å². The Kier molecular flexibility index (Phi) is 3.33. The molecule has 0 amide bonds. The van der Waals surface area contributed by atoms with Crippen LogP contribution < -0.4 is 11.2 Å². The summed E-state index contributed by atoms with van der Waals surface area (Å²) in [5.41, 5.74) is -1.10. The average molecular weight is 260 g/mol. The number of aliphatic hydroxyl groups excluding tert-OH is 2. The molecule has 1 aromatic rings. The Morgan fingerprint density at radius 1 is 1.44 bits per heavy atom. The van der Waals surface area contributed by atoms with E-state index in [1.54, 1.807) is 0 Å². The number of aromatic nitrogens is 2. The second-order valence-electron chi connectivity index (χ2n) is 4.18. The molecule has 1 aromatic heterocycles. The molecule has 0 aromatic carbocycles. The summed E-state index contributed by atoms with van der Waals surface area (Å²) in [7, 11) is 0. The lowest BCUT2D eigenvalue weighted by molar-refractivity contribution is -0.0455. The number of nitrogens with one attached hydrogen (secondary N) is 1.